The van der Waals surface area contributed by atoms with E-state index >= 15 is 0 Å². The minimum absolute atomic E-state index is 0.0163. The van der Waals surface area contributed by atoms with E-state index in [1.54, 1.807) is 24.0 Å². The molecule has 2 N–H and O–H groups in total. The van der Waals surface area contributed by atoms with Gasteiger partial charge in [-0.05, 0) is 101 Å². The first-order chi connectivity index (χ1) is 20.5. The molecule has 1 heterocycles. The highest BCUT2D eigenvalue weighted by Gasteiger charge is 2.31. The zero-order valence-electron chi connectivity index (χ0n) is 25.7. The van der Waals surface area contributed by atoms with E-state index in [2.05, 4.69) is 23.6 Å². The Morgan fingerprint density at radius 1 is 1.09 bits per heavy atom. The van der Waals surface area contributed by atoms with E-state index in [4.69, 9.17) is 21.1 Å². The van der Waals surface area contributed by atoms with E-state index in [1.165, 1.54) is 43.2 Å². The summed E-state index contributed by atoms with van der Waals surface area (Å²) in [4.78, 5) is 18.3. The highest BCUT2D eigenvalue weighted by atomic mass is 35.5. The Balaban J connectivity index is 1.65. The molecule has 0 saturated heterocycles. The van der Waals surface area contributed by atoms with Gasteiger partial charge in [-0.1, -0.05) is 18.5 Å². The number of hydrogen-bond acceptors (Lipinski definition) is 7. The van der Waals surface area contributed by atoms with E-state index in [9.17, 15) is 18.3 Å². The van der Waals surface area contributed by atoms with Crippen molar-refractivity contribution in [2.24, 2.45) is 11.8 Å². The number of aliphatic hydroxyl groups excluding tert-OH is 1. The van der Waals surface area contributed by atoms with Crippen molar-refractivity contribution >= 4 is 33.2 Å². The average molecular weight is 636 g/mol. The fourth-order valence-corrected chi connectivity index (χ4v) is 6.57. The molecule has 11 heteroatoms. The monoisotopic (exact) mass is 635 g/mol. The van der Waals surface area contributed by atoms with E-state index < -0.39 is 16.1 Å². The molecule has 238 valence electrons. The second-order valence-electron chi connectivity index (χ2n) is 12.2. The molecular formula is C32H46ClN3O6S. The molecule has 1 saturated carbocycles. The predicted molar refractivity (Wildman–Crippen MR) is 169 cm³/mol. The number of carbonyl (C=O) groups excluding carboxylic acids is 1. The van der Waals surface area contributed by atoms with Crippen LogP contribution < -0.4 is 9.46 Å². The number of sulfonamides is 1. The Labute approximate surface area is 261 Å². The fraction of sp³-hybridized carbons (Fsp3) is 0.594. The highest BCUT2D eigenvalue weighted by Crippen LogP contribution is 2.31. The quantitative estimate of drug-likeness (QED) is 0.386. The van der Waals surface area contributed by atoms with Gasteiger partial charge in [0.25, 0.3) is 15.9 Å². The SMILES string of the molecule is C[C@@H]1CN([C@@H](C)CO)C(=O)c2cc(NS(=O)(=O)c3ccc(Cl)cc3)ccc2O[C@@H](C)CCCCO[C@H]1CN(C)CC1CC1. The summed E-state index contributed by atoms with van der Waals surface area (Å²) in [5.41, 5.74) is 0.461. The van der Waals surface area contributed by atoms with Crippen LogP contribution in [0.3, 0.4) is 0 Å². The molecule has 1 fully saturated rings. The van der Waals surface area contributed by atoms with Crippen LogP contribution in [0.5, 0.6) is 5.75 Å². The van der Waals surface area contributed by atoms with Gasteiger partial charge in [-0.25, -0.2) is 8.42 Å². The van der Waals surface area contributed by atoms with E-state index in [0.717, 1.165) is 38.3 Å². The van der Waals surface area contributed by atoms with Gasteiger partial charge in [0.15, 0.2) is 0 Å². The molecule has 0 aromatic heterocycles. The lowest BCUT2D eigenvalue weighted by atomic mass is 10.0. The number of carbonyl (C=O) groups is 1. The third-order valence-corrected chi connectivity index (χ3v) is 9.84. The number of hydrogen-bond donors (Lipinski definition) is 2. The lowest BCUT2D eigenvalue weighted by Crippen LogP contribution is -2.47. The number of nitrogens with zero attached hydrogens (tertiary/aromatic N) is 2. The number of aliphatic hydroxyl groups is 1. The molecule has 2 aliphatic rings. The molecule has 43 heavy (non-hydrogen) atoms. The zero-order valence-corrected chi connectivity index (χ0v) is 27.2. The maximum atomic E-state index is 14.3. The number of nitrogens with one attached hydrogen (secondary N) is 1. The maximum Gasteiger partial charge on any atom is 0.261 e. The minimum Gasteiger partial charge on any atom is -0.490 e. The van der Waals surface area contributed by atoms with Crippen molar-refractivity contribution < 1.29 is 27.8 Å². The lowest BCUT2D eigenvalue weighted by Gasteiger charge is -2.36. The molecule has 9 nitrogen and oxygen atoms in total. The van der Waals surface area contributed by atoms with E-state index in [1.807, 2.05) is 6.92 Å². The van der Waals surface area contributed by atoms with Gasteiger partial charge in [-0.2, -0.15) is 0 Å². The first-order valence-electron chi connectivity index (χ1n) is 15.3. The number of benzene rings is 2. The Bertz CT molecular complexity index is 1320. The van der Waals surface area contributed by atoms with Crippen molar-refractivity contribution in [3.8, 4) is 5.75 Å². The van der Waals surface area contributed by atoms with Crippen molar-refractivity contribution in [2.75, 3.05) is 44.6 Å². The van der Waals surface area contributed by atoms with Gasteiger partial charge in [0.05, 0.1) is 35.3 Å². The molecule has 2 aromatic rings. The van der Waals surface area contributed by atoms with Crippen molar-refractivity contribution in [2.45, 2.75) is 76.0 Å². The van der Waals surface area contributed by atoms with Crippen LogP contribution in [0.2, 0.25) is 5.02 Å². The highest BCUT2D eigenvalue weighted by molar-refractivity contribution is 7.92. The summed E-state index contributed by atoms with van der Waals surface area (Å²) >= 11 is 5.94. The third-order valence-electron chi connectivity index (χ3n) is 8.19. The van der Waals surface area contributed by atoms with Crippen LogP contribution in [-0.4, -0.2) is 87.4 Å². The zero-order chi connectivity index (χ0) is 31.1. The Hall–Kier alpha value is -2.37. The normalized spacial score (nSPS) is 23.3. The molecule has 0 bridgehead atoms. The summed E-state index contributed by atoms with van der Waals surface area (Å²) < 4.78 is 41.5. The molecule has 0 spiro atoms. The predicted octanol–water partition coefficient (Wildman–Crippen LogP) is 5.28. The van der Waals surface area contributed by atoms with E-state index in [-0.39, 0.29) is 46.8 Å². The van der Waals surface area contributed by atoms with Crippen molar-refractivity contribution in [3.05, 3.63) is 53.1 Å². The second-order valence-corrected chi connectivity index (χ2v) is 14.4. The summed E-state index contributed by atoms with van der Waals surface area (Å²) in [5.74, 6) is 0.780. The summed E-state index contributed by atoms with van der Waals surface area (Å²) in [6, 6.07) is 10.1. The molecule has 1 amide bonds. The van der Waals surface area contributed by atoms with Crippen LogP contribution in [0.4, 0.5) is 5.69 Å². The first kappa shape index (κ1) is 33.5. The van der Waals surface area contributed by atoms with Gasteiger partial charge in [-0.3, -0.25) is 9.52 Å². The fourth-order valence-electron chi connectivity index (χ4n) is 5.40. The smallest absolute Gasteiger partial charge is 0.261 e. The number of rotatable bonds is 9. The van der Waals surface area contributed by atoms with Crippen LogP contribution in [0.25, 0.3) is 0 Å². The maximum absolute atomic E-state index is 14.3. The summed E-state index contributed by atoms with van der Waals surface area (Å²) in [6.45, 7) is 8.43. The number of likely N-dealkylation sites (N-methyl/N-ethyl adjacent to an activating group) is 1. The molecule has 1 aliphatic carbocycles. The topological polar surface area (TPSA) is 108 Å². The molecule has 1 aliphatic heterocycles. The molecule has 4 rings (SSSR count). The number of amides is 1. The number of halogens is 1. The van der Waals surface area contributed by atoms with Gasteiger partial charge in [-0.15, -0.1) is 0 Å². The molecule has 0 unspecified atom stereocenters. The molecule has 0 radical (unpaired) electrons. The standard InChI is InChI=1S/C32H46ClN3O6S/c1-22-18-36(23(2)21-37)32(38)29-17-27(34-43(39,40)28-13-10-26(33)11-14-28)12-15-30(29)42-24(3)7-5-6-16-41-31(22)20-35(4)19-25-8-9-25/h10-15,17,22-25,31,34,37H,5-9,16,18-21H2,1-4H3/t22-,23+,24+,31+/m1/s1. The van der Waals surface area contributed by atoms with Crippen LogP contribution in [0.1, 0.15) is 63.2 Å². The summed E-state index contributed by atoms with van der Waals surface area (Å²) in [5, 5.41) is 10.6. The van der Waals surface area contributed by atoms with Crippen LogP contribution in [0.15, 0.2) is 47.4 Å². The van der Waals surface area contributed by atoms with Gasteiger partial charge in [0, 0.05) is 42.9 Å². The third kappa shape index (κ3) is 9.56. The second kappa shape index (κ2) is 15.1. The van der Waals surface area contributed by atoms with E-state index in [0.29, 0.717) is 23.9 Å². The van der Waals surface area contributed by atoms with Gasteiger partial charge in [0.1, 0.15) is 5.75 Å². The lowest BCUT2D eigenvalue weighted by molar-refractivity contribution is -0.0172. The van der Waals surface area contributed by atoms with Crippen LogP contribution in [0, 0.1) is 11.8 Å². The Morgan fingerprint density at radius 3 is 2.49 bits per heavy atom. The number of fused-ring (bicyclic) bond motifs is 1. The van der Waals surface area contributed by atoms with Crippen molar-refractivity contribution in [1.82, 2.24) is 9.80 Å². The Kier molecular flexibility index (Phi) is 11.8. The van der Waals surface area contributed by atoms with Gasteiger partial charge >= 0.3 is 0 Å². The summed E-state index contributed by atoms with van der Waals surface area (Å²) in [6.07, 6.45) is 4.89. The minimum atomic E-state index is -3.94. The first-order valence-corrected chi connectivity index (χ1v) is 17.1. The number of ether oxygens (including phenoxy) is 2. The van der Waals surface area contributed by atoms with Crippen molar-refractivity contribution in [3.63, 3.8) is 0 Å². The largest absolute Gasteiger partial charge is 0.490 e. The van der Waals surface area contributed by atoms with Crippen LogP contribution >= 0.6 is 11.6 Å². The summed E-state index contributed by atoms with van der Waals surface area (Å²) in [7, 11) is -1.81. The van der Waals surface area contributed by atoms with Crippen molar-refractivity contribution in [1.29, 1.82) is 0 Å². The van der Waals surface area contributed by atoms with Crippen LogP contribution in [-0.2, 0) is 14.8 Å². The van der Waals surface area contributed by atoms with Gasteiger partial charge in [0.2, 0.25) is 0 Å². The molecule has 2 aromatic carbocycles. The van der Waals surface area contributed by atoms with Gasteiger partial charge < -0.3 is 24.4 Å². The number of anilines is 1. The molecular weight excluding hydrogens is 590 g/mol. The Morgan fingerprint density at radius 2 is 1.81 bits per heavy atom. The molecule has 4 atom stereocenters. The average Bonchev–Trinajstić information content (AvgIpc) is 3.78.